The van der Waals surface area contributed by atoms with Gasteiger partial charge in [-0.25, -0.2) is 19.3 Å². The van der Waals surface area contributed by atoms with E-state index in [1.54, 1.807) is 6.92 Å². The first-order valence-corrected chi connectivity index (χ1v) is 11.4. The fourth-order valence-corrected chi connectivity index (χ4v) is 4.20. The number of hydrogen-bond donors (Lipinski definition) is 2. The maximum Gasteiger partial charge on any atom is 0.190 e. The van der Waals surface area contributed by atoms with Gasteiger partial charge in [-0.3, -0.25) is 0 Å². The molecule has 0 saturated carbocycles. The lowest BCUT2D eigenvalue weighted by molar-refractivity contribution is 0.384. The molecule has 0 fully saturated rings. The third kappa shape index (κ3) is 5.64. The van der Waals surface area contributed by atoms with E-state index in [-0.39, 0.29) is 0 Å². The summed E-state index contributed by atoms with van der Waals surface area (Å²) in [5.74, 6) is 2.08. The van der Waals surface area contributed by atoms with Crippen LogP contribution in [0.5, 0.6) is 0 Å². The zero-order valence-corrected chi connectivity index (χ0v) is 19.4. The number of hydrogen-bond acceptors (Lipinski definition) is 6. The molecule has 0 aliphatic heterocycles. The number of pyridine rings is 1. The number of thioether (sulfide) groups is 1. The SMILES string of the molecule is C=C[C@H](C)C(CC)CNCCNc1nc(SCC)nc2c(F)c(C)nc(Br)c12. The zero-order valence-electron chi connectivity index (χ0n) is 17.0. The Kier molecular flexibility index (Phi) is 9.11. The van der Waals surface area contributed by atoms with E-state index in [0.29, 0.717) is 50.6 Å². The molecule has 0 aromatic carbocycles. The van der Waals surface area contributed by atoms with Gasteiger partial charge in [-0.2, -0.15) is 0 Å². The average Bonchev–Trinajstić information content (AvgIpc) is 2.68. The van der Waals surface area contributed by atoms with Crippen LogP contribution in [0.4, 0.5) is 10.2 Å². The normalized spacial score (nSPS) is 13.5. The zero-order chi connectivity index (χ0) is 20.7. The topological polar surface area (TPSA) is 62.7 Å². The molecule has 2 heterocycles. The highest BCUT2D eigenvalue weighted by atomic mass is 79.9. The molecule has 2 aromatic rings. The standard InChI is InChI=1S/C20H29BrFN5S/c1-6-12(4)14(7-2)11-23-9-10-24-19-15-17(26-20(27-19)28-8-3)16(22)13(5)25-18(15)21/h6,12,14,23H,1,7-11H2,2-5H3,(H,24,26,27)/t12-,14?/m0/s1. The maximum absolute atomic E-state index is 14.6. The lowest BCUT2D eigenvalue weighted by Crippen LogP contribution is -2.30. The first-order valence-electron chi connectivity index (χ1n) is 9.66. The van der Waals surface area contributed by atoms with Gasteiger partial charge in [0, 0.05) is 13.1 Å². The minimum atomic E-state index is -0.399. The maximum atomic E-state index is 14.6. The van der Waals surface area contributed by atoms with Gasteiger partial charge >= 0.3 is 0 Å². The van der Waals surface area contributed by atoms with Crippen molar-refractivity contribution in [1.82, 2.24) is 20.3 Å². The molecule has 8 heteroatoms. The van der Waals surface area contributed by atoms with E-state index >= 15 is 0 Å². The van der Waals surface area contributed by atoms with Gasteiger partial charge < -0.3 is 10.6 Å². The van der Waals surface area contributed by atoms with Crippen molar-refractivity contribution >= 4 is 44.4 Å². The second-order valence-corrected chi connectivity index (χ2v) is 8.69. The number of aryl methyl sites for hydroxylation is 1. The Morgan fingerprint density at radius 1 is 1.25 bits per heavy atom. The molecule has 2 aromatic heterocycles. The third-order valence-corrected chi connectivity index (χ3v) is 6.10. The second kappa shape index (κ2) is 11.1. The molecule has 5 nitrogen and oxygen atoms in total. The summed E-state index contributed by atoms with van der Waals surface area (Å²) in [5.41, 5.74) is 0.617. The van der Waals surface area contributed by atoms with Gasteiger partial charge in [0.1, 0.15) is 15.9 Å². The van der Waals surface area contributed by atoms with Crippen LogP contribution in [0.3, 0.4) is 0 Å². The van der Waals surface area contributed by atoms with E-state index in [4.69, 9.17) is 0 Å². The van der Waals surface area contributed by atoms with Gasteiger partial charge in [0.05, 0.1) is 11.1 Å². The van der Waals surface area contributed by atoms with Crippen LogP contribution in [-0.4, -0.2) is 40.3 Å². The van der Waals surface area contributed by atoms with Crippen molar-refractivity contribution in [1.29, 1.82) is 0 Å². The molecule has 1 unspecified atom stereocenters. The first kappa shape index (κ1) is 23.0. The number of anilines is 1. The van der Waals surface area contributed by atoms with Crippen molar-refractivity contribution in [2.24, 2.45) is 11.8 Å². The van der Waals surface area contributed by atoms with Crippen LogP contribution in [0.15, 0.2) is 22.4 Å². The van der Waals surface area contributed by atoms with Crippen LogP contribution in [0.2, 0.25) is 0 Å². The van der Waals surface area contributed by atoms with Gasteiger partial charge in [0.15, 0.2) is 11.0 Å². The number of nitrogens with one attached hydrogen (secondary N) is 2. The Balaban J connectivity index is 2.13. The fourth-order valence-electron chi connectivity index (χ4n) is 2.99. The number of rotatable bonds is 11. The molecule has 0 spiro atoms. The Bertz CT molecular complexity index is 817. The number of nitrogens with zero attached hydrogens (tertiary/aromatic N) is 3. The first-order chi connectivity index (χ1) is 13.4. The predicted octanol–water partition coefficient (Wildman–Crippen LogP) is 5.20. The minimum Gasteiger partial charge on any atom is -0.368 e. The summed E-state index contributed by atoms with van der Waals surface area (Å²) in [6.45, 7) is 14.3. The summed E-state index contributed by atoms with van der Waals surface area (Å²) in [4.78, 5) is 13.2. The van der Waals surface area contributed by atoms with Crippen molar-refractivity contribution in [2.45, 2.75) is 39.3 Å². The third-order valence-electron chi connectivity index (χ3n) is 4.80. The quantitative estimate of drug-likeness (QED) is 0.155. The summed E-state index contributed by atoms with van der Waals surface area (Å²) in [5, 5.41) is 7.95. The molecule has 2 N–H and O–H groups in total. The molecule has 0 aliphatic rings. The number of fused-ring (bicyclic) bond motifs is 1. The smallest absolute Gasteiger partial charge is 0.190 e. The van der Waals surface area contributed by atoms with Gasteiger partial charge in [0.25, 0.3) is 0 Å². The molecule has 0 amide bonds. The van der Waals surface area contributed by atoms with Crippen LogP contribution in [0.1, 0.15) is 32.9 Å². The minimum absolute atomic E-state index is 0.298. The highest BCUT2D eigenvalue weighted by Crippen LogP contribution is 2.32. The van der Waals surface area contributed by atoms with Crippen molar-refractivity contribution in [3.8, 4) is 0 Å². The largest absolute Gasteiger partial charge is 0.368 e. The van der Waals surface area contributed by atoms with Crippen LogP contribution < -0.4 is 10.6 Å². The molecular weight excluding hydrogens is 441 g/mol. The van der Waals surface area contributed by atoms with Gasteiger partial charge in [-0.05, 0) is 47.0 Å². The van der Waals surface area contributed by atoms with Crippen molar-refractivity contribution in [3.63, 3.8) is 0 Å². The Labute approximate surface area is 179 Å². The molecule has 2 atom stereocenters. The molecule has 28 heavy (non-hydrogen) atoms. The summed E-state index contributed by atoms with van der Waals surface area (Å²) in [7, 11) is 0. The van der Waals surface area contributed by atoms with Crippen molar-refractivity contribution < 1.29 is 4.39 Å². The van der Waals surface area contributed by atoms with Crippen molar-refractivity contribution in [3.05, 3.63) is 28.8 Å². The average molecular weight is 470 g/mol. The second-order valence-electron chi connectivity index (χ2n) is 6.71. The molecule has 154 valence electrons. The van der Waals surface area contributed by atoms with Crippen LogP contribution >= 0.6 is 27.7 Å². The summed E-state index contributed by atoms with van der Waals surface area (Å²) in [6, 6.07) is 0. The van der Waals surface area contributed by atoms with E-state index in [2.05, 4.69) is 61.9 Å². The van der Waals surface area contributed by atoms with Gasteiger partial charge in [0.2, 0.25) is 0 Å². The Morgan fingerprint density at radius 3 is 2.64 bits per heavy atom. The van der Waals surface area contributed by atoms with Crippen LogP contribution in [0.25, 0.3) is 10.9 Å². The highest BCUT2D eigenvalue weighted by molar-refractivity contribution is 9.10. The lowest BCUT2D eigenvalue weighted by Gasteiger charge is -2.20. The molecule has 2 rings (SSSR count). The van der Waals surface area contributed by atoms with Crippen LogP contribution in [-0.2, 0) is 0 Å². The van der Waals surface area contributed by atoms with Crippen molar-refractivity contribution in [2.75, 3.05) is 30.7 Å². The summed E-state index contributed by atoms with van der Waals surface area (Å²) < 4.78 is 15.2. The van der Waals surface area contributed by atoms with Gasteiger partial charge in [-0.15, -0.1) is 6.58 Å². The molecule has 0 saturated heterocycles. The fraction of sp³-hybridized carbons (Fsp3) is 0.550. The van der Waals surface area contributed by atoms with E-state index in [1.807, 2.05) is 13.0 Å². The molecule has 0 radical (unpaired) electrons. The Hall–Kier alpha value is -1.25. The highest BCUT2D eigenvalue weighted by Gasteiger charge is 2.18. The van der Waals surface area contributed by atoms with Gasteiger partial charge in [-0.1, -0.05) is 45.0 Å². The number of allylic oxidation sites excluding steroid dienone is 1. The summed E-state index contributed by atoms with van der Waals surface area (Å²) in [6.07, 6.45) is 3.12. The van der Waals surface area contributed by atoms with E-state index in [1.165, 1.54) is 11.8 Å². The van der Waals surface area contributed by atoms with E-state index in [9.17, 15) is 4.39 Å². The van der Waals surface area contributed by atoms with E-state index < -0.39 is 5.82 Å². The number of aromatic nitrogens is 3. The number of halogens is 2. The molecule has 0 bridgehead atoms. The predicted molar refractivity (Wildman–Crippen MR) is 121 cm³/mol. The van der Waals surface area contributed by atoms with E-state index in [0.717, 1.165) is 25.3 Å². The molecular formula is C20H29BrFN5S. The van der Waals surface area contributed by atoms with Crippen LogP contribution in [0, 0.1) is 24.6 Å². The monoisotopic (exact) mass is 469 g/mol. The summed E-state index contributed by atoms with van der Waals surface area (Å²) >= 11 is 4.93. The Morgan fingerprint density at radius 2 is 2.00 bits per heavy atom. The molecule has 0 aliphatic carbocycles. The lowest BCUT2D eigenvalue weighted by atomic mass is 9.92.